The van der Waals surface area contributed by atoms with Gasteiger partial charge in [0.2, 0.25) is 0 Å². The number of carbonyl (C=O) groups is 2. The Kier molecular flexibility index (Phi) is 6.21. The van der Waals surface area contributed by atoms with E-state index >= 15 is 0 Å². The van der Waals surface area contributed by atoms with Gasteiger partial charge in [-0.25, -0.2) is 0 Å². The van der Waals surface area contributed by atoms with Crippen molar-refractivity contribution in [3.05, 3.63) is 99.6 Å². The van der Waals surface area contributed by atoms with E-state index in [1.165, 1.54) is 6.07 Å². The number of hydrogen-bond donors (Lipinski definition) is 2. The molecule has 0 aliphatic rings. The maximum Gasteiger partial charge on any atom is 0.271 e. The van der Waals surface area contributed by atoms with Crippen LogP contribution in [0.5, 0.6) is 0 Å². The summed E-state index contributed by atoms with van der Waals surface area (Å²) in [6.45, 7) is 0.313. The van der Waals surface area contributed by atoms with Crippen LogP contribution < -0.4 is 10.6 Å². The van der Waals surface area contributed by atoms with Gasteiger partial charge in [-0.2, -0.15) is 0 Å². The molecule has 3 aromatic rings. The molecule has 2 heterocycles. The van der Waals surface area contributed by atoms with Gasteiger partial charge >= 0.3 is 0 Å². The van der Waals surface area contributed by atoms with Crippen LogP contribution in [0.3, 0.4) is 0 Å². The molecule has 0 aliphatic carbocycles. The highest BCUT2D eigenvalue weighted by Crippen LogP contribution is 2.18. The summed E-state index contributed by atoms with van der Waals surface area (Å²) in [5.41, 5.74) is 0.953. The fourth-order valence-electron chi connectivity index (χ4n) is 2.53. The lowest BCUT2D eigenvalue weighted by Gasteiger charge is -2.08. The summed E-state index contributed by atoms with van der Waals surface area (Å²) in [5, 5.41) is 16.5. The molecule has 0 fully saturated rings. The van der Waals surface area contributed by atoms with Crippen molar-refractivity contribution < 1.29 is 14.5 Å². The lowest BCUT2D eigenvalue weighted by atomic mass is 10.1. The Balaban J connectivity index is 1.75. The number of non-ortho nitro benzene ring substituents is 1. The van der Waals surface area contributed by atoms with E-state index in [0.29, 0.717) is 11.4 Å². The van der Waals surface area contributed by atoms with Crippen molar-refractivity contribution in [2.24, 2.45) is 0 Å². The smallest absolute Gasteiger partial charge is 0.271 e. The Morgan fingerprint density at radius 1 is 0.828 bits per heavy atom. The summed E-state index contributed by atoms with van der Waals surface area (Å²) < 4.78 is 0. The number of rotatable bonds is 7. The first kappa shape index (κ1) is 19.6. The van der Waals surface area contributed by atoms with Gasteiger partial charge in [-0.1, -0.05) is 12.1 Å². The second kappa shape index (κ2) is 9.18. The number of pyridine rings is 2. The number of nitro groups is 1. The van der Waals surface area contributed by atoms with Crippen molar-refractivity contribution in [2.75, 3.05) is 0 Å². The Labute approximate surface area is 166 Å². The minimum Gasteiger partial charge on any atom is -0.346 e. The van der Waals surface area contributed by atoms with E-state index in [4.69, 9.17) is 0 Å². The molecule has 0 atom stereocenters. The zero-order valence-corrected chi connectivity index (χ0v) is 15.2. The van der Waals surface area contributed by atoms with Crippen LogP contribution in [0.4, 0.5) is 5.69 Å². The summed E-state index contributed by atoms with van der Waals surface area (Å²) >= 11 is 0. The summed E-state index contributed by atoms with van der Waals surface area (Å²) in [7, 11) is 0. The first-order chi connectivity index (χ1) is 14.0. The predicted octanol–water partition coefficient (Wildman–Crippen LogP) is 2.24. The van der Waals surface area contributed by atoms with Gasteiger partial charge in [-0.15, -0.1) is 0 Å². The molecule has 29 heavy (non-hydrogen) atoms. The number of hydrogen-bond acceptors (Lipinski definition) is 6. The van der Waals surface area contributed by atoms with Crippen molar-refractivity contribution in [2.45, 2.75) is 13.1 Å². The van der Waals surface area contributed by atoms with Crippen LogP contribution in [0.2, 0.25) is 0 Å². The van der Waals surface area contributed by atoms with Crippen LogP contribution in [-0.2, 0) is 13.1 Å². The van der Waals surface area contributed by atoms with Gasteiger partial charge in [-0.05, 0) is 30.3 Å². The third kappa shape index (κ3) is 5.42. The first-order valence-corrected chi connectivity index (χ1v) is 8.68. The van der Waals surface area contributed by atoms with E-state index in [1.54, 1.807) is 48.8 Å². The zero-order valence-electron chi connectivity index (χ0n) is 15.2. The summed E-state index contributed by atoms with van der Waals surface area (Å²) in [6.07, 6.45) is 3.19. The molecular formula is C20H17N5O4. The quantitative estimate of drug-likeness (QED) is 0.470. The van der Waals surface area contributed by atoms with Crippen molar-refractivity contribution in [1.82, 2.24) is 20.6 Å². The van der Waals surface area contributed by atoms with Crippen molar-refractivity contribution >= 4 is 17.5 Å². The molecule has 1 aromatic carbocycles. The number of carbonyl (C=O) groups excluding carboxylic acids is 2. The van der Waals surface area contributed by atoms with E-state index in [1.807, 2.05) is 0 Å². The largest absolute Gasteiger partial charge is 0.346 e. The van der Waals surface area contributed by atoms with Crippen molar-refractivity contribution in [1.29, 1.82) is 0 Å². The van der Waals surface area contributed by atoms with Crippen LogP contribution in [0.1, 0.15) is 32.1 Å². The molecule has 2 aromatic heterocycles. The Hall–Kier alpha value is -4.14. The third-order valence-electron chi connectivity index (χ3n) is 3.97. The van der Waals surface area contributed by atoms with Gasteiger partial charge in [-0.3, -0.25) is 29.7 Å². The normalized spacial score (nSPS) is 10.2. The second-order valence-corrected chi connectivity index (χ2v) is 6.03. The first-order valence-electron chi connectivity index (χ1n) is 8.68. The highest BCUT2D eigenvalue weighted by molar-refractivity contribution is 6.00. The fraction of sp³-hybridized carbons (Fsp3) is 0.100. The van der Waals surface area contributed by atoms with Gasteiger partial charge in [0.05, 0.1) is 29.4 Å². The molecule has 0 unspecified atom stereocenters. The van der Waals surface area contributed by atoms with Gasteiger partial charge in [0.15, 0.2) is 0 Å². The van der Waals surface area contributed by atoms with Gasteiger partial charge in [0.1, 0.15) is 0 Å². The van der Waals surface area contributed by atoms with Crippen molar-refractivity contribution in [3.8, 4) is 0 Å². The van der Waals surface area contributed by atoms with Crippen molar-refractivity contribution in [3.63, 3.8) is 0 Å². The molecule has 0 aliphatic heterocycles. The fourth-order valence-corrected chi connectivity index (χ4v) is 2.53. The maximum absolute atomic E-state index is 12.4. The van der Waals surface area contributed by atoms with E-state index in [-0.39, 0.29) is 29.9 Å². The minimum absolute atomic E-state index is 0.0121. The second-order valence-electron chi connectivity index (χ2n) is 6.03. The zero-order chi connectivity index (χ0) is 20.6. The number of nitro benzene ring substituents is 1. The minimum atomic E-state index is -0.648. The average Bonchev–Trinajstić information content (AvgIpc) is 2.76. The molecule has 9 nitrogen and oxygen atoms in total. The molecule has 3 rings (SSSR count). The molecule has 9 heteroatoms. The summed E-state index contributed by atoms with van der Waals surface area (Å²) in [4.78, 5) is 43.7. The van der Waals surface area contributed by atoms with Crippen LogP contribution >= 0.6 is 0 Å². The van der Waals surface area contributed by atoms with Crippen LogP contribution in [0.15, 0.2) is 67.0 Å². The molecule has 2 amide bonds. The third-order valence-corrected chi connectivity index (χ3v) is 3.97. The monoisotopic (exact) mass is 391 g/mol. The topological polar surface area (TPSA) is 127 Å². The number of aromatic nitrogens is 2. The number of benzene rings is 1. The van der Waals surface area contributed by atoms with Gasteiger partial charge in [0.25, 0.3) is 17.5 Å². The number of amides is 2. The summed E-state index contributed by atoms with van der Waals surface area (Å²) in [6, 6.07) is 14.1. The standard InChI is InChI=1S/C20H17N5O4/c26-19(23-12-16-5-1-3-7-21-16)14-9-15(11-18(10-14)25(28)29)20(27)24-13-17-6-2-4-8-22-17/h1-11H,12-13H2,(H,23,26)(H,24,27). The molecule has 0 saturated heterocycles. The average molecular weight is 391 g/mol. The summed E-state index contributed by atoms with van der Waals surface area (Å²) in [5.74, 6) is -1.09. The Morgan fingerprint density at radius 2 is 1.31 bits per heavy atom. The highest BCUT2D eigenvalue weighted by Gasteiger charge is 2.18. The van der Waals surface area contributed by atoms with Crippen LogP contribution in [0.25, 0.3) is 0 Å². The Morgan fingerprint density at radius 3 is 1.69 bits per heavy atom. The molecule has 146 valence electrons. The van der Waals surface area contributed by atoms with Crippen LogP contribution in [0, 0.1) is 10.1 Å². The van der Waals surface area contributed by atoms with Gasteiger partial charge < -0.3 is 10.6 Å². The lowest BCUT2D eigenvalue weighted by Crippen LogP contribution is -2.26. The molecular weight excluding hydrogens is 374 g/mol. The van der Waals surface area contributed by atoms with E-state index in [2.05, 4.69) is 20.6 Å². The van der Waals surface area contributed by atoms with Crippen LogP contribution in [-0.4, -0.2) is 26.7 Å². The molecule has 2 N–H and O–H groups in total. The molecule has 0 saturated carbocycles. The predicted molar refractivity (Wildman–Crippen MR) is 104 cm³/mol. The van der Waals surface area contributed by atoms with Gasteiger partial charge in [0, 0.05) is 35.7 Å². The maximum atomic E-state index is 12.4. The SMILES string of the molecule is O=C(NCc1ccccn1)c1cc(C(=O)NCc2ccccn2)cc([N+](=O)[O-])c1. The molecule has 0 spiro atoms. The van der Waals surface area contributed by atoms with E-state index in [0.717, 1.165) is 12.1 Å². The Bertz CT molecular complexity index is 952. The number of nitrogens with zero attached hydrogens (tertiary/aromatic N) is 3. The van der Waals surface area contributed by atoms with E-state index < -0.39 is 16.7 Å². The lowest BCUT2D eigenvalue weighted by molar-refractivity contribution is -0.384. The molecule has 0 radical (unpaired) electrons. The molecule has 0 bridgehead atoms. The number of nitrogens with one attached hydrogen (secondary N) is 2. The highest BCUT2D eigenvalue weighted by atomic mass is 16.6. The van der Waals surface area contributed by atoms with E-state index in [9.17, 15) is 19.7 Å².